The van der Waals surface area contributed by atoms with Gasteiger partial charge in [-0.05, 0) is 24.3 Å². The van der Waals surface area contributed by atoms with Crippen LogP contribution in [0, 0.1) is 5.82 Å². The fraction of sp³-hybridized carbons (Fsp3) is 0.0769. The third-order valence-electron chi connectivity index (χ3n) is 2.43. The molecular weight excluding hydrogens is 257 g/mol. The van der Waals surface area contributed by atoms with Crippen LogP contribution in [0.1, 0.15) is 15.9 Å². The number of pyridine rings is 1. The SMILES string of the molecule is COc1cc(C(=O)c2ccncc2F)ccc1Cl. The highest BCUT2D eigenvalue weighted by Crippen LogP contribution is 2.26. The van der Waals surface area contributed by atoms with Gasteiger partial charge in [-0.25, -0.2) is 4.39 Å². The van der Waals surface area contributed by atoms with Crippen molar-refractivity contribution >= 4 is 17.4 Å². The lowest BCUT2D eigenvalue weighted by atomic mass is 10.0. The number of methoxy groups -OCH3 is 1. The lowest BCUT2D eigenvalue weighted by Gasteiger charge is -2.06. The van der Waals surface area contributed by atoms with Gasteiger partial charge in [0, 0.05) is 11.8 Å². The first-order chi connectivity index (χ1) is 8.63. The van der Waals surface area contributed by atoms with Gasteiger partial charge < -0.3 is 4.74 Å². The summed E-state index contributed by atoms with van der Waals surface area (Å²) in [6.45, 7) is 0. The first kappa shape index (κ1) is 12.5. The molecule has 0 saturated heterocycles. The van der Waals surface area contributed by atoms with Crippen molar-refractivity contribution in [3.8, 4) is 5.75 Å². The normalized spacial score (nSPS) is 10.2. The second kappa shape index (κ2) is 5.14. The highest BCUT2D eigenvalue weighted by atomic mass is 35.5. The maximum absolute atomic E-state index is 13.4. The molecule has 92 valence electrons. The average Bonchev–Trinajstić information content (AvgIpc) is 2.39. The Bertz CT molecular complexity index is 601. The predicted molar refractivity (Wildman–Crippen MR) is 65.6 cm³/mol. The van der Waals surface area contributed by atoms with Crippen LogP contribution in [0.3, 0.4) is 0 Å². The van der Waals surface area contributed by atoms with Gasteiger partial charge in [0.2, 0.25) is 0 Å². The van der Waals surface area contributed by atoms with E-state index >= 15 is 0 Å². The largest absolute Gasteiger partial charge is 0.495 e. The van der Waals surface area contributed by atoms with Crippen LogP contribution in [0.5, 0.6) is 5.75 Å². The third kappa shape index (κ3) is 2.33. The van der Waals surface area contributed by atoms with Gasteiger partial charge in [0.25, 0.3) is 0 Å². The van der Waals surface area contributed by atoms with E-state index in [0.29, 0.717) is 16.3 Å². The summed E-state index contributed by atoms with van der Waals surface area (Å²) in [4.78, 5) is 15.7. The lowest BCUT2D eigenvalue weighted by Crippen LogP contribution is -2.05. The summed E-state index contributed by atoms with van der Waals surface area (Å²) in [5.41, 5.74) is 0.274. The van der Waals surface area contributed by atoms with E-state index in [4.69, 9.17) is 16.3 Å². The van der Waals surface area contributed by atoms with Gasteiger partial charge in [-0.1, -0.05) is 11.6 Å². The Morgan fingerprint density at radius 1 is 1.39 bits per heavy atom. The molecule has 0 aliphatic rings. The minimum atomic E-state index is -0.656. The minimum absolute atomic E-state index is 0.0330. The Morgan fingerprint density at radius 3 is 2.83 bits per heavy atom. The first-order valence-electron chi connectivity index (χ1n) is 5.11. The smallest absolute Gasteiger partial charge is 0.196 e. The van der Waals surface area contributed by atoms with Crippen molar-refractivity contribution in [1.82, 2.24) is 4.98 Å². The van der Waals surface area contributed by atoms with Gasteiger partial charge in [-0.3, -0.25) is 9.78 Å². The van der Waals surface area contributed by atoms with Gasteiger partial charge in [-0.2, -0.15) is 0 Å². The molecule has 0 bridgehead atoms. The van der Waals surface area contributed by atoms with Crippen LogP contribution in [-0.4, -0.2) is 17.9 Å². The number of ketones is 1. The predicted octanol–water partition coefficient (Wildman–Crippen LogP) is 3.11. The number of hydrogen-bond donors (Lipinski definition) is 0. The number of hydrogen-bond acceptors (Lipinski definition) is 3. The van der Waals surface area contributed by atoms with Crippen LogP contribution < -0.4 is 4.74 Å². The van der Waals surface area contributed by atoms with E-state index in [0.717, 1.165) is 6.20 Å². The quantitative estimate of drug-likeness (QED) is 0.801. The average molecular weight is 266 g/mol. The Morgan fingerprint density at radius 2 is 2.17 bits per heavy atom. The van der Waals surface area contributed by atoms with Gasteiger partial charge in [-0.15, -0.1) is 0 Å². The van der Waals surface area contributed by atoms with Crippen LogP contribution in [0.2, 0.25) is 5.02 Å². The van der Waals surface area contributed by atoms with Gasteiger partial charge in [0.05, 0.1) is 23.9 Å². The lowest BCUT2D eigenvalue weighted by molar-refractivity contribution is 0.103. The van der Waals surface area contributed by atoms with Crippen molar-refractivity contribution in [2.45, 2.75) is 0 Å². The van der Waals surface area contributed by atoms with Crippen LogP contribution in [0.25, 0.3) is 0 Å². The number of nitrogens with zero attached hydrogens (tertiary/aromatic N) is 1. The van der Waals surface area contributed by atoms with Crippen molar-refractivity contribution < 1.29 is 13.9 Å². The topological polar surface area (TPSA) is 39.2 Å². The van der Waals surface area contributed by atoms with Gasteiger partial charge in [0.15, 0.2) is 11.6 Å². The standard InChI is InChI=1S/C13H9ClFNO2/c1-18-12-6-8(2-3-10(12)14)13(17)9-4-5-16-7-11(9)15/h2-7H,1H3. The summed E-state index contributed by atoms with van der Waals surface area (Å²) in [7, 11) is 1.45. The highest BCUT2D eigenvalue weighted by molar-refractivity contribution is 6.32. The first-order valence-corrected chi connectivity index (χ1v) is 5.49. The Kier molecular flexibility index (Phi) is 3.58. The van der Waals surface area contributed by atoms with E-state index in [1.165, 1.54) is 37.6 Å². The van der Waals surface area contributed by atoms with Crippen LogP contribution in [-0.2, 0) is 0 Å². The molecule has 0 spiro atoms. The van der Waals surface area contributed by atoms with Gasteiger partial charge in [0.1, 0.15) is 5.75 Å². The van der Waals surface area contributed by atoms with Crippen molar-refractivity contribution in [3.63, 3.8) is 0 Å². The van der Waals surface area contributed by atoms with E-state index in [1.807, 2.05) is 0 Å². The molecule has 0 fully saturated rings. The molecule has 0 radical (unpaired) electrons. The molecule has 0 atom stereocenters. The van der Waals surface area contributed by atoms with E-state index < -0.39 is 11.6 Å². The summed E-state index contributed by atoms with van der Waals surface area (Å²) in [5.74, 6) is -0.724. The summed E-state index contributed by atoms with van der Waals surface area (Å²) >= 11 is 5.86. The number of aromatic nitrogens is 1. The second-order valence-corrected chi connectivity index (χ2v) is 3.94. The summed E-state index contributed by atoms with van der Waals surface area (Å²) < 4.78 is 18.5. The molecule has 5 heteroatoms. The molecule has 0 amide bonds. The maximum atomic E-state index is 13.4. The Balaban J connectivity index is 2.44. The molecule has 3 nitrogen and oxygen atoms in total. The molecule has 18 heavy (non-hydrogen) atoms. The van der Waals surface area contributed by atoms with E-state index in [1.54, 1.807) is 0 Å². The molecular formula is C13H9ClFNO2. The molecule has 0 aliphatic heterocycles. The molecule has 1 aromatic carbocycles. The zero-order chi connectivity index (χ0) is 13.1. The molecule has 2 rings (SSSR count). The monoisotopic (exact) mass is 265 g/mol. The summed E-state index contributed by atoms with van der Waals surface area (Å²) in [6, 6.07) is 5.86. The minimum Gasteiger partial charge on any atom is -0.495 e. The highest BCUT2D eigenvalue weighted by Gasteiger charge is 2.15. The number of benzene rings is 1. The van der Waals surface area contributed by atoms with E-state index in [2.05, 4.69) is 4.98 Å². The fourth-order valence-electron chi connectivity index (χ4n) is 1.52. The second-order valence-electron chi connectivity index (χ2n) is 3.53. The van der Waals surface area contributed by atoms with Crippen molar-refractivity contribution in [2.24, 2.45) is 0 Å². The zero-order valence-electron chi connectivity index (χ0n) is 9.48. The molecule has 1 heterocycles. The van der Waals surface area contributed by atoms with Gasteiger partial charge >= 0.3 is 0 Å². The Labute approximate surface area is 108 Å². The third-order valence-corrected chi connectivity index (χ3v) is 2.74. The maximum Gasteiger partial charge on any atom is 0.196 e. The van der Waals surface area contributed by atoms with E-state index in [-0.39, 0.29) is 5.56 Å². The number of carbonyl (C=O) groups excluding carboxylic acids is 1. The van der Waals surface area contributed by atoms with Crippen LogP contribution >= 0.6 is 11.6 Å². The molecule has 2 aromatic rings. The van der Waals surface area contributed by atoms with Crippen molar-refractivity contribution in [3.05, 3.63) is 58.6 Å². The number of halogens is 2. The summed E-state index contributed by atoms with van der Waals surface area (Å²) in [6.07, 6.45) is 2.36. The molecule has 0 aliphatic carbocycles. The fourth-order valence-corrected chi connectivity index (χ4v) is 1.71. The summed E-state index contributed by atoms with van der Waals surface area (Å²) in [5, 5.41) is 0.393. The van der Waals surface area contributed by atoms with Crippen LogP contribution in [0.4, 0.5) is 4.39 Å². The van der Waals surface area contributed by atoms with Crippen molar-refractivity contribution in [2.75, 3.05) is 7.11 Å². The van der Waals surface area contributed by atoms with E-state index in [9.17, 15) is 9.18 Å². The number of carbonyl (C=O) groups is 1. The van der Waals surface area contributed by atoms with Crippen molar-refractivity contribution in [1.29, 1.82) is 0 Å². The Hall–Kier alpha value is -1.94. The molecule has 0 saturated carbocycles. The molecule has 0 N–H and O–H groups in total. The number of ether oxygens (including phenoxy) is 1. The number of rotatable bonds is 3. The zero-order valence-corrected chi connectivity index (χ0v) is 10.2. The van der Waals surface area contributed by atoms with Crippen LogP contribution in [0.15, 0.2) is 36.7 Å². The molecule has 0 unspecified atom stereocenters. The molecule has 1 aromatic heterocycles.